The minimum Gasteiger partial charge on any atom is -0.493 e. The molecule has 0 bridgehead atoms. The highest BCUT2D eigenvalue weighted by Crippen LogP contribution is 2.24. The Labute approximate surface area is 158 Å². The van der Waals surface area contributed by atoms with Crippen molar-refractivity contribution in [1.82, 2.24) is 4.98 Å². The van der Waals surface area contributed by atoms with Crippen LogP contribution in [0.25, 0.3) is 10.9 Å². The molecule has 0 aliphatic carbocycles. The quantitative estimate of drug-likeness (QED) is 0.627. The van der Waals surface area contributed by atoms with Gasteiger partial charge < -0.3 is 19.8 Å². The SMILES string of the molecule is CC(=O)CCc1ccc(OCCc2ccc3[nH]cc(NC(C)=O)c3c2)cc1. The number of hydrogen-bond acceptors (Lipinski definition) is 3. The monoisotopic (exact) mass is 364 g/mol. The van der Waals surface area contributed by atoms with Crippen LogP contribution in [0.1, 0.15) is 31.4 Å². The van der Waals surface area contributed by atoms with Crippen molar-refractivity contribution < 1.29 is 14.3 Å². The molecule has 0 aliphatic rings. The Morgan fingerprint density at radius 1 is 1.00 bits per heavy atom. The zero-order chi connectivity index (χ0) is 19.2. The zero-order valence-corrected chi connectivity index (χ0v) is 15.7. The molecule has 2 aromatic carbocycles. The Kier molecular flexibility index (Phi) is 5.91. The molecule has 5 heteroatoms. The van der Waals surface area contributed by atoms with Gasteiger partial charge in [0, 0.05) is 36.9 Å². The molecule has 140 valence electrons. The molecular weight excluding hydrogens is 340 g/mol. The van der Waals surface area contributed by atoms with Gasteiger partial charge in [0.05, 0.1) is 12.3 Å². The summed E-state index contributed by atoms with van der Waals surface area (Å²) in [5.74, 6) is 0.941. The van der Waals surface area contributed by atoms with E-state index in [1.807, 2.05) is 30.3 Å². The van der Waals surface area contributed by atoms with Crippen molar-refractivity contribution in [2.24, 2.45) is 0 Å². The second-order valence-electron chi connectivity index (χ2n) is 6.71. The average molecular weight is 364 g/mol. The number of benzene rings is 2. The van der Waals surface area contributed by atoms with Gasteiger partial charge in [-0.2, -0.15) is 0 Å². The summed E-state index contributed by atoms with van der Waals surface area (Å²) in [5, 5.41) is 3.83. The number of aryl methyl sites for hydroxylation is 1. The predicted molar refractivity (Wildman–Crippen MR) is 107 cm³/mol. The Bertz CT molecular complexity index is 942. The molecule has 0 fully saturated rings. The van der Waals surface area contributed by atoms with Gasteiger partial charge in [0.25, 0.3) is 0 Å². The van der Waals surface area contributed by atoms with Gasteiger partial charge in [-0.1, -0.05) is 18.2 Å². The number of fused-ring (bicyclic) bond motifs is 1. The summed E-state index contributed by atoms with van der Waals surface area (Å²) < 4.78 is 5.83. The third kappa shape index (κ3) is 5.20. The summed E-state index contributed by atoms with van der Waals surface area (Å²) in [7, 11) is 0. The molecule has 3 aromatic rings. The van der Waals surface area contributed by atoms with Crippen molar-refractivity contribution in [3.63, 3.8) is 0 Å². The second kappa shape index (κ2) is 8.54. The van der Waals surface area contributed by atoms with Crippen molar-refractivity contribution in [2.45, 2.75) is 33.1 Å². The molecule has 0 spiro atoms. The largest absolute Gasteiger partial charge is 0.493 e. The fourth-order valence-electron chi connectivity index (χ4n) is 2.98. The first-order chi connectivity index (χ1) is 13.0. The van der Waals surface area contributed by atoms with E-state index in [-0.39, 0.29) is 11.7 Å². The van der Waals surface area contributed by atoms with Gasteiger partial charge in [-0.15, -0.1) is 0 Å². The van der Waals surface area contributed by atoms with Crippen LogP contribution >= 0.6 is 0 Å². The number of amides is 1. The molecule has 27 heavy (non-hydrogen) atoms. The fourth-order valence-corrected chi connectivity index (χ4v) is 2.98. The van der Waals surface area contributed by atoms with E-state index in [1.165, 1.54) is 6.92 Å². The van der Waals surface area contributed by atoms with Crippen molar-refractivity contribution >= 4 is 28.3 Å². The van der Waals surface area contributed by atoms with Crippen LogP contribution < -0.4 is 10.1 Å². The smallest absolute Gasteiger partial charge is 0.221 e. The predicted octanol–water partition coefficient (Wildman–Crippen LogP) is 4.27. The maximum absolute atomic E-state index is 11.3. The molecule has 0 radical (unpaired) electrons. The number of ketones is 1. The van der Waals surface area contributed by atoms with E-state index >= 15 is 0 Å². The Balaban J connectivity index is 1.57. The van der Waals surface area contributed by atoms with Crippen LogP contribution in [0.15, 0.2) is 48.7 Å². The van der Waals surface area contributed by atoms with Gasteiger partial charge in [-0.25, -0.2) is 0 Å². The molecule has 5 nitrogen and oxygen atoms in total. The van der Waals surface area contributed by atoms with Crippen LogP contribution in [0.5, 0.6) is 5.75 Å². The number of carbonyl (C=O) groups excluding carboxylic acids is 2. The number of nitrogens with one attached hydrogen (secondary N) is 2. The first-order valence-electron chi connectivity index (χ1n) is 9.10. The highest BCUT2D eigenvalue weighted by atomic mass is 16.5. The van der Waals surface area contributed by atoms with Crippen LogP contribution in [-0.2, 0) is 22.4 Å². The minimum atomic E-state index is -0.0867. The number of ether oxygens (including phenoxy) is 1. The number of aromatic amines is 1. The molecule has 0 saturated heterocycles. The molecular formula is C22H24N2O3. The van der Waals surface area contributed by atoms with E-state index in [0.29, 0.717) is 13.0 Å². The average Bonchev–Trinajstić information content (AvgIpc) is 3.02. The van der Waals surface area contributed by atoms with Gasteiger partial charge in [0.15, 0.2) is 0 Å². The maximum Gasteiger partial charge on any atom is 0.221 e. The Hall–Kier alpha value is -3.08. The van der Waals surface area contributed by atoms with Crippen molar-refractivity contribution in [2.75, 3.05) is 11.9 Å². The van der Waals surface area contributed by atoms with E-state index in [1.54, 1.807) is 13.1 Å². The molecule has 0 aliphatic heterocycles. The number of carbonyl (C=O) groups is 2. The number of hydrogen-bond donors (Lipinski definition) is 2. The summed E-state index contributed by atoms with van der Waals surface area (Å²) in [4.78, 5) is 25.5. The molecule has 1 amide bonds. The van der Waals surface area contributed by atoms with Gasteiger partial charge in [0.1, 0.15) is 11.5 Å². The van der Waals surface area contributed by atoms with Crippen molar-refractivity contribution in [3.8, 4) is 5.75 Å². The number of H-pyrrole nitrogens is 1. The lowest BCUT2D eigenvalue weighted by Crippen LogP contribution is -2.05. The zero-order valence-electron chi connectivity index (χ0n) is 15.7. The van der Waals surface area contributed by atoms with Crippen LogP contribution in [-0.4, -0.2) is 23.3 Å². The van der Waals surface area contributed by atoms with E-state index in [4.69, 9.17) is 4.74 Å². The van der Waals surface area contributed by atoms with E-state index in [9.17, 15) is 9.59 Å². The maximum atomic E-state index is 11.3. The Morgan fingerprint density at radius 2 is 1.74 bits per heavy atom. The summed E-state index contributed by atoms with van der Waals surface area (Å²) in [5.41, 5.74) is 4.07. The molecule has 0 unspecified atom stereocenters. The van der Waals surface area contributed by atoms with Crippen molar-refractivity contribution in [1.29, 1.82) is 0 Å². The number of anilines is 1. The van der Waals surface area contributed by atoms with Crippen LogP contribution in [0.3, 0.4) is 0 Å². The molecule has 0 atom stereocenters. The van der Waals surface area contributed by atoms with Gasteiger partial charge in [-0.05, 0) is 48.7 Å². The number of Topliss-reactive ketones (excluding diaryl/α,β-unsaturated/α-hetero) is 1. The molecule has 3 rings (SSSR count). The summed E-state index contributed by atoms with van der Waals surface area (Å²) in [6.45, 7) is 3.68. The second-order valence-corrected chi connectivity index (χ2v) is 6.71. The molecule has 2 N–H and O–H groups in total. The topological polar surface area (TPSA) is 71.2 Å². The van der Waals surface area contributed by atoms with Crippen LogP contribution in [0.4, 0.5) is 5.69 Å². The highest BCUT2D eigenvalue weighted by molar-refractivity contribution is 6.01. The van der Waals surface area contributed by atoms with E-state index in [2.05, 4.69) is 22.4 Å². The van der Waals surface area contributed by atoms with Crippen molar-refractivity contribution in [3.05, 3.63) is 59.8 Å². The molecule has 0 saturated carbocycles. The summed E-state index contributed by atoms with van der Waals surface area (Å²) in [6, 6.07) is 14.0. The number of rotatable bonds is 8. The summed E-state index contributed by atoms with van der Waals surface area (Å²) in [6.07, 6.45) is 3.91. The summed E-state index contributed by atoms with van der Waals surface area (Å²) >= 11 is 0. The van der Waals surface area contributed by atoms with Crippen LogP contribution in [0, 0.1) is 0 Å². The third-order valence-corrected chi connectivity index (χ3v) is 4.41. The van der Waals surface area contributed by atoms with Gasteiger partial charge in [-0.3, -0.25) is 4.79 Å². The lowest BCUT2D eigenvalue weighted by atomic mass is 10.1. The van der Waals surface area contributed by atoms with E-state index in [0.717, 1.165) is 46.3 Å². The Morgan fingerprint density at radius 3 is 2.44 bits per heavy atom. The molecule has 1 heterocycles. The number of aromatic nitrogens is 1. The standard InChI is InChI=1S/C22H24N2O3/c1-15(25)3-4-17-5-8-19(9-6-17)27-12-11-18-7-10-21-20(13-18)22(14-23-21)24-16(2)26/h5-10,13-14,23H,3-4,11-12H2,1-2H3,(H,24,26). The third-order valence-electron chi connectivity index (χ3n) is 4.41. The first-order valence-corrected chi connectivity index (χ1v) is 9.10. The lowest BCUT2D eigenvalue weighted by Gasteiger charge is -2.08. The minimum absolute atomic E-state index is 0.0867. The first kappa shape index (κ1) is 18.7. The highest BCUT2D eigenvalue weighted by Gasteiger charge is 2.06. The lowest BCUT2D eigenvalue weighted by molar-refractivity contribution is -0.117. The normalized spacial score (nSPS) is 10.7. The molecule has 1 aromatic heterocycles. The van der Waals surface area contributed by atoms with Crippen LogP contribution in [0.2, 0.25) is 0 Å². The van der Waals surface area contributed by atoms with E-state index < -0.39 is 0 Å². The van der Waals surface area contributed by atoms with Gasteiger partial charge in [0.2, 0.25) is 5.91 Å². The van der Waals surface area contributed by atoms with Gasteiger partial charge >= 0.3 is 0 Å². The fraction of sp³-hybridized carbons (Fsp3) is 0.273.